The molecule has 4 heteroatoms. The summed E-state index contributed by atoms with van der Waals surface area (Å²) >= 11 is 1.46. The lowest BCUT2D eigenvalue weighted by Crippen LogP contribution is -2.06. The van der Waals surface area contributed by atoms with E-state index in [2.05, 4.69) is 4.98 Å². The number of aromatic nitrogens is 1. The third kappa shape index (κ3) is 1.72. The van der Waals surface area contributed by atoms with Gasteiger partial charge in [0.1, 0.15) is 10.9 Å². The number of hydrogen-bond donors (Lipinski definition) is 1. The second-order valence-electron chi connectivity index (χ2n) is 3.53. The lowest BCUT2D eigenvalue weighted by atomic mass is 10.2. The topological polar surface area (TPSA) is 50.2 Å². The van der Waals surface area contributed by atoms with Gasteiger partial charge in [-0.2, -0.15) is 0 Å². The van der Waals surface area contributed by atoms with Gasteiger partial charge in [0, 0.05) is 0 Å². The van der Waals surface area contributed by atoms with E-state index in [1.54, 1.807) is 6.92 Å². The highest BCUT2D eigenvalue weighted by molar-refractivity contribution is 7.18. The van der Waals surface area contributed by atoms with Gasteiger partial charge in [0.15, 0.2) is 0 Å². The van der Waals surface area contributed by atoms with Gasteiger partial charge in [-0.1, -0.05) is 12.1 Å². The Morgan fingerprint density at radius 2 is 2.27 bits per heavy atom. The van der Waals surface area contributed by atoms with Crippen LogP contribution in [0.1, 0.15) is 23.4 Å². The molecule has 0 bridgehead atoms. The molecule has 0 aliphatic heterocycles. The van der Waals surface area contributed by atoms with Gasteiger partial charge in [-0.15, -0.1) is 11.3 Å². The van der Waals surface area contributed by atoms with Gasteiger partial charge in [-0.25, -0.2) is 4.98 Å². The van der Waals surface area contributed by atoms with Crippen molar-refractivity contribution in [3.05, 3.63) is 28.8 Å². The minimum absolute atomic E-state index is 0.526. The Labute approximate surface area is 91.4 Å². The molecule has 0 spiro atoms. The number of aryl methyl sites for hydroxylation is 1. The van der Waals surface area contributed by atoms with Crippen LogP contribution in [0.4, 0.5) is 0 Å². The molecule has 0 radical (unpaired) electrons. The van der Waals surface area contributed by atoms with Crippen molar-refractivity contribution in [1.29, 1.82) is 0 Å². The summed E-state index contributed by atoms with van der Waals surface area (Å²) in [5.41, 5.74) is 2.01. The Hall–Kier alpha value is -1.42. The Bertz CT molecular complexity index is 518. The maximum Gasteiger partial charge on any atom is 0.313 e. The number of rotatable bonds is 2. The highest BCUT2D eigenvalue weighted by atomic mass is 32.1. The second-order valence-corrected chi connectivity index (χ2v) is 4.60. The zero-order valence-electron chi connectivity index (χ0n) is 8.52. The molecule has 0 aliphatic carbocycles. The maximum absolute atomic E-state index is 10.8. The summed E-state index contributed by atoms with van der Waals surface area (Å²) in [7, 11) is 0. The molecule has 1 heterocycles. The maximum atomic E-state index is 10.8. The molecule has 2 aromatic rings. The Morgan fingerprint density at radius 3 is 2.87 bits per heavy atom. The molecule has 15 heavy (non-hydrogen) atoms. The van der Waals surface area contributed by atoms with Crippen LogP contribution in [0, 0.1) is 6.92 Å². The van der Waals surface area contributed by atoms with Crippen LogP contribution in [0.2, 0.25) is 0 Å². The van der Waals surface area contributed by atoms with Crippen LogP contribution in [0.25, 0.3) is 10.2 Å². The van der Waals surface area contributed by atoms with Crippen molar-refractivity contribution in [2.45, 2.75) is 19.8 Å². The first-order chi connectivity index (χ1) is 7.09. The molecule has 0 saturated carbocycles. The SMILES string of the molecule is Cc1cccc2sc(C(C)C(=O)O)nc12. The third-order valence-corrected chi connectivity index (χ3v) is 3.58. The van der Waals surface area contributed by atoms with Crippen LogP contribution < -0.4 is 0 Å². The van der Waals surface area contributed by atoms with Crippen molar-refractivity contribution in [3.63, 3.8) is 0 Å². The lowest BCUT2D eigenvalue weighted by molar-refractivity contribution is -0.138. The van der Waals surface area contributed by atoms with E-state index in [1.807, 2.05) is 25.1 Å². The summed E-state index contributed by atoms with van der Waals surface area (Å²) in [6.07, 6.45) is 0. The van der Waals surface area contributed by atoms with Crippen LogP contribution in [0.3, 0.4) is 0 Å². The molecule has 3 nitrogen and oxygen atoms in total. The first-order valence-electron chi connectivity index (χ1n) is 4.68. The van der Waals surface area contributed by atoms with Gasteiger partial charge in [-0.3, -0.25) is 4.79 Å². The molecule has 0 amide bonds. The average molecular weight is 221 g/mol. The molecule has 1 aromatic heterocycles. The van der Waals surface area contributed by atoms with Gasteiger partial charge in [0.2, 0.25) is 0 Å². The number of benzene rings is 1. The third-order valence-electron chi connectivity index (χ3n) is 2.38. The number of aliphatic carboxylic acids is 1. The van der Waals surface area contributed by atoms with E-state index >= 15 is 0 Å². The van der Waals surface area contributed by atoms with E-state index in [0.717, 1.165) is 15.8 Å². The molecule has 0 saturated heterocycles. The molecule has 2 rings (SSSR count). The molecule has 1 N–H and O–H groups in total. The van der Waals surface area contributed by atoms with E-state index < -0.39 is 11.9 Å². The van der Waals surface area contributed by atoms with E-state index in [-0.39, 0.29) is 0 Å². The first-order valence-corrected chi connectivity index (χ1v) is 5.50. The summed E-state index contributed by atoms with van der Waals surface area (Å²) in [4.78, 5) is 15.2. The van der Waals surface area contributed by atoms with Crippen molar-refractivity contribution >= 4 is 27.5 Å². The smallest absolute Gasteiger partial charge is 0.313 e. The predicted molar refractivity (Wildman–Crippen MR) is 60.4 cm³/mol. The lowest BCUT2D eigenvalue weighted by Gasteiger charge is -1.98. The number of nitrogens with zero attached hydrogens (tertiary/aromatic N) is 1. The van der Waals surface area contributed by atoms with Crippen molar-refractivity contribution in [2.75, 3.05) is 0 Å². The minimum atomic E-state index is -0.827. The summed E-state index contributed by atoms with van der Waals surface area (Å²) < 4.78 is 1.05. The van der Waals surface area contributed by atoms with E-state index in [1.165, 1.54) is 11.3 Å². The minimum Gasteiger partial charge on any atom is -0.481 e. The quantitative estimate of drug-likeness (QED) is 0.848. The number of hydrogen-bond acceptors (Lipinski definition) is 3. The van der Waals surface area contributed by atoms with E-state index in [0.29, 0.717) is 5.01 Å². The molecule has 78 valence electrons. The number of carbonyl (C=O) groups is 1. The number of para-hydroxylation sites is 1. The van der Waals surface area contributed by atoms with Gasteiger partial charge in [-0.05, 0) is 25.5 Å². The largest absolute Gasteiger partial charge is 0.481 e. The van der Waals surface area contributed by atoms with Crippen molar-refractivity contribution in [1.82, 2.24) is 4.98 Å². The summed E-state index contributed by atoms with van der Waals surface area (Å²) in [6, 6.07) is 5.92. The summed E-state index contributed by atoms with van der Waals surface area (Å²) in [5.74, 6) is -1.35. The number of carboxylic acid groups (broad SMARTS) is 1. The first kappa shape index (κ1) is 10.1. The zero-order valence-corrected chi connectivity index (χ0v) is 9.34. The zero-order chi connectivity index (χ0) is 11.0. The van der Waals surface area contributed by atoms with Gasteiger partial charge < -0.3 is 5.11 Å². The summed E-state index contributed by atoms with van der Waals surface area (Å²) in [6.45, 7) is 3.65. The fourth-order valence-electron chi connectivity index (χ4n) is 1.39. The fraction of sp³-hybridized carbons (Fsp3) is 0.273. The van der Waals surface area contributed by atoms with Crippen LogP contribution in [0.15, 0.2) is 18.2 Å². The van der Waals surface area contributed by atoms with Gasteiger partial charge in [0.05, 0.1) is 10.2 Å². The standard InChI is InChI=1S/C11H11NO2S/c1-6-4-3-5-8-9(6)12-10(15-8)7(2)11(13)14/h3-5,7H,1-2H3,(H,13,14). The summed E-state index contributed by atoms with van der Waals surface area (Å²) in [5, 5.41) is 9.57. The van der Waals surface area contributed by atoms with Gasteiger partial charge in [0.25, 0.3) is 0 Å². The Kier molecular flexibility index (Phi) is 2.44. The molecule has 1 atom stereocenters. The van der Waals surface area contributed by atoms with E-state index in [4.69, 9.17) is 5.11 Å². The average Bonchev–Trinajstić information content (AvgIpc) is 2.61. The predicted octanol–water partition coefficient (Wildman–Crippen LogP) is 2.79. The van der Waals surface area contributed by atoms with E-state index in [9.17, 15) is 4.79 Å². The second kappa shape index (κ2) is 3.62. The van der Waals surface area contributed by atoms with Crippen LogP contribution in [-0.4, -0.2) is 16.1 Å². The monoisotopic (exact) mass is 221 g/mol. The highest BCUT2D eigenvalue weighted by Gasteiger charge is 2.18. The number of thiazole rings is 1. The molecule has 1 unspecified atom stereocenters. The normalized spacial score (nSPS) is 12.9. The highest BCUT2D eigenvalue weighted by Crippen LogP contribution is 2.29. The van der Waals surface area contributed by atoms with Crippen molar-refractivity contribution in [3.8, 4) is 0 Å². The Morgan fingerprint density at radius 1 is 1.53 bits per heavy atom. The van der Waals surface area contributed by atoms with Crippen LogP contribution >= 0.6 is 11.3 Å². The van der Waals surface area contributed by atoms with Crippen molar-refractivity contribution in [2.24, 2.45) is 0 Å². The van der Waals surface area contributed by atoms with Crippen molar-refractivity contribution < 1.29 is 9.90 Å². The number of carboxylic acids is 1. The van der Waals surface area contributed by atoms with Gasteiger partial charge >= 0.3 is 5.97 Å². The van der Waals surface area contributed by atoms with Crippen LogP contribution in [-0.2, 0) is 4.79 Å². The molecular weight excluding hydrogens is 210 g/mol. The fourth-order valence-corrected chi connectivity index (χ4v) is 2.48. The number of fused-ring (bicyclic) bond motifs is 1. The van der Waals surface area contributed by atoms with Crippen LogP contribution in [0.5, 0.6) is 0 Å². The molecule has 0 fully saturated rings. The molecule has 1 aromatic carbocycles. The Balaban J connectivity index is 2.56. The molecule has 0 aliphatic rings. The molecular formula is C11H11NO2S.